The standard InChI is InChI=1S/C28H33N3O7/c1-4-37-27(35)22(15-10-16-29-28(36)38-17-19-11-6-5-7-12-19)30-24(32)23(18(2)3)31-25(33)20-13-8-9-14-21(20)26(31)34/h5-9,11-14,18,22-23H,4,10,15-17H2,1-3H3,(H,29,36)(H,30,32). The Bertz CT molecular complexity index is 1130. The summed E-state index contributed by atoms with van der Waals surface area (Å²) in [6.45, 7) is 5.53. The minimum absolute atomic E-state index is 0.112. The third kappa shape index (κ3) is 6.96. The highest BCUT2D eigenvalue weighted by molar-refractivity contribution is 6.22. The molecule has 0 saturated carbocycles. The molecule has 0 saturated heterocycles. The van der Waals surface area contributed by atoms with Gasteiger partial charge >= 0.3 is 12.1 Å². The lowest BCUT2D eigenvalue weighted by atomic mass is 10.0. The zero-order chi connectivity index (χ0) is 27.7. The van der Waals surface area contributed by atoms with E-state index < -0.39 is 47.8 Å². The Kier molecular flexibility index (Phi) is 9.98. The van der Waals surface area contributed by atoms with Crippen molar-refractivity contribution in [3.63, 3.8) is 0 Å². The number of benzene rings is 2. The van der Waals surface area contributed by atoms with E-state index in [4.69, 9.17) is 9.47 Å². The van der Waals surface area contributed by atoms with E-state index in [2.05, 4.69) is 10.6 Å². The topological polar surface area (TPSA) is 131 Å². The lowest BCUT2D eigenvalue weighted by Gasteiger charge is -2.30. The van der Waals surface area contributed by atoms with E-state index >= 15 is 0 Å². The van der Waals surface area contributed by atoms with Gasteiger partial charge in [0, 0.05) is 6.54 Å². The van der Waals surface area contributed by atoms with Gasteiger partial charge in [-0.15, -0.1) is 0 Å². The molecular formula is C28H33N3O7. The molecule has 0 spiro atoms. The number of imide groups is 1. The lowest BCUT2D eigenvalue weighted by Crippen LogP contribution is -2.55. The molecule has 0 fully saturated rings. The molecule has 2 N–H and O–H groups in total. The second-order valence-electron chi connectivity index (χ2n) is 9.16. The summed E-state index contributed by atoms with van der Waals surface area (Å²) in [6.07, 6.45) is -0.101. The molecule has 0 aromatic heterocycles. The zero-order valence-electron chi connectivity index (χ0n) is 21.8. The number of ether oxygens (including phenoxy) is 2. The normalized spacial score (nSPS) is 14.1. The van der Waals surface area contributed by atoms with Gasteiger partial charge in [-0.3, -0.25) is 19.3 Å². The van der Waals surface area contributed by atoms with E-state index in [0.717, 1.165) is 10.5 Å². The number of esters is 1. The van der Waals surface area contributed by atoms with Crippen molar-refractivity contribution in [1.82, 2.24) is 15.5 Å². The molecule has 4 amide bonds. The van der Waals surface area contributed by atoms with Crippen LogP contribution >= 0.6 is 0 Å². The van der Waals surface area contributed by atoms with Gasteiger partial charge in [0.2, 0.25) is 5.91 Å². The van der Waals surface area contributed by atoms with Crippen LogP contribution in [0.1, 0.15) is 59.9 Å². The van der Waals surface area contributed by atoms with Gasteiger partial charge in [0.15, 0.2) is 0 Å². The van der Waals surface area contributed by atoms with E-state index in [1.165, 1.54) is 0 Å². The summed E-state index contributed by atoms with van der Waals surface area (Å²) in [5, 5.41) is 5.28. The summed E-state index contributed by atoms with van der Waals surface area (Å²) < 4.78 is 10.3. The minimum Gasteiger partial charge on any atom is -0.464 e. The Morgan fingerprint density at radius 1 is 0.895 bits per heavy atom. The fourth-order valence-electron chi connectivity index (χ4n) is 4.20. The first-order valence-corrected chi connectivity index (χ1v) is 12.6. The van der Waals surface area contributed by atoms with Gasteiger partial charge in [0.1, 0.15) is 18.7 Å². The summed E-state index contributed by atoms with van der Waals surface area (Å²) in [6, 6.07) is 13.5. The third-order valence-electron chi connectivity index (χ3n) is 6.04. The summed E-state index contributed by atoms with van der Waals surface area (Å²) in [7, 11) is 0. The Hall–Kier alpha value is -4.21. The van der Waals surface area contributed by atoms with Crippen LogP contribution in [0, 0.1) is 5.92 Å². The molecule has 10 heteroatoms. The number of amides is 4. The van der Waals surface area contributed by atoms with Crippen molar-refractivity contribution in [2.45, 2.75) is 52.3 Å². The van der Waals surface area contributed by atoms with Gasteiger partial charge in [0.25, 0.3) is 11.8 Å². The number of carbonyl (C=O) groups is 5. The SMILES string of the molecule is CCOC(=O)C(CCCNC(=O)OCc1ccccc1)NC(=O)C(C(C)C)N1C(=O)c2ccccc2C1=O. The Morgan fingerprint density at radius 2 is 1.50 bits per heavy atom. The van der Waals surface area contributed by atoms with Gasteiger partial charge in [0.05, 0.1) is 17.7 Å². The van der Waals surface area contributed by atoms with Crippen LogP contribution in [0.15, 0.2) is 54.6 Å². The third-order valence-corrected chi connectivity index (χ3v) is 6.04. The Morgan fingerprint density at radius 3 is 2.08 bits per heavy atom. The van der Waals surface area contributed by atoms with Crippen LogP contribution in [0.5, 0.6) is 0 Å². The van der Waals surface area contributed by atoms with Crippen LogP contribution in [0.3, 0.4) is 0 Å². The molecule has 0 aliphatic carbocycles. The molecule has 1 aliphatic heterocycles. The maximum atomic E-state index is 13.3. The first-order chi connectivity index (χ1) is 18.2. The molecule has 2 atom stereocenters. The number of rotatable bonds is 12. The maximum absolute atomic E-state index is 13.3. The average Bonchev–Trinajstić information content (AvgIpc) is 3.15. The second-order valence-corrected chi connectivity index (χ2v) is 9.16. The van der Waals surface area contributed by atoms with E-state index in [0.29, 0.717) is 6.42 Å². The Balaban J connectivity index is 1.59. The van der Waals surface area contributed by atoms with Crippen molar-refractivity contribution >= 4 is 29.8 Å². The number of carbonyl (C=O) groups excluding carboxylic acids is 5. The average molecular weight is 524 g/mol. The molecule has 2 unspecified atom stereocenters. The van der Waals surface area contributed by atoms with E-state index in [-0.39, 0.29) is 37.3 Å². The number of hydrogen-bond donors (Lipinski definition) is 2. The van der Waals surface area contributed by atoms with Crippen LogP contribution < -0.4 is 10.6 Å². The molecule has 1 heterocycles. The number of alkyl carbamates (subject to hydrolysis) is 1. The smallest absolute Gasteiger partial charge is 0.407 e. The molecule has 0 bridgehead atoms. The van der Waals surface area contributed by atoms with Crippen LogP contribution in [-0.2, 0) is 25.7 Å². The van der Waals surface area contributed by atoms with Crippen molar-refractivity contribution in [1.29, 1.82) is 0 Å². The molecule has 3 rings (SSSR count). The van der Waals surface area contributed by atoms with Gasteiger partial charge in [-0.1, -0.05) is 56.3 Å². The van der Waals surface area contributed by atoms with Crippen molar-refractivity contribution in [3.8, 4) is 0 Å². The largest absolute Gasteiger partial charge is 0.464 e. The Labute approximate surface area is 221 Å². The predicted octanol–water partition coefficient (Wildman–Crippen LogP) is 3.06. The first kappa shape index (κ1) is 28.4. The fraction of sp³-hybridized carbons (Fsp3) is 0.393. The van der Waals surface area contributed by atoms with Crippen LogP contribution in [0.2, 0.25) is 0 Å². The molecule has 2 aromatic carbocycles. The van der Waals surface area contributed by atoms with Crippen LogP contribution in [0.4, 0.5) is 4.79 Å². The molecule has 1 aliphatic rings. The number of nitrogens with one attached hydrogen (secondary N) is 2. The van der Waals surface area contributed by atoms with E-state index in [1.54, 1.807) is 45.0 Å². The summed E-state index contributed by atoms with van der Waals surface area (Å²) in [4.78, 5) is 64.8. The van der Waals surface area contributed by atoms with Crippen molar-refractivity contribution in [2.75, 3.05) is 13.2 Å². The molecule has 10 nitrogen and oxygen atoms in total. The molecular weight excluding hydrogens is 490 g/mol. The molecule has 2 aromatic rings. The summed E-state index contributed by atoms with van der Waals surface area (Å²) >= 11 is 0. The van der Waals surface area contributed by atoms with Crippen molar-refractivity contribution in [2.24, 2.45) is 5.92 Å². The van der Waals surface area contributed by atoms with E-state index in [9.17, 15) is 24.0 Å². The number of hydrogen-bond acceptors (Lipinski definition) is 7. The highest BCUT2D eigenvalue weighted by Gasteiger charge is 2.44. The molecule has 0 radical (unpaired) electrons. The quantitative estimate of drug-likeness (QED) is 0.248. The van der Waals surface area contributed by atoms with Gasteiger partial charge in [-0.05, 0) is 43.4 Å². The second kappa shape index (κ2) is 13.4. The fourth-order valence-corrected chi connectivity index (χ4v) is 4.20. The summed E-state index contributed by atoms with van der Waals surface area (Å²) in [5.41, 5.74) is 1.33. The van der Waals surface area contributed by atoms with Crippen LogP contribution in [-0.4, -0.2) is 59.9 Å². The first-order valence-electron chi connectivity index (χ1n) is 12.6. The molecule has 202 valence electrons. The predicted molar refractivity (Wildman–Crippen MR) is 138 cm³/mol. The van der Waals surface area contributed by atoms with Gasteiger partial charge in [-0.25, -0.2) is 9.59 Å². The minimum atomic E-state index is -1.12. The zero-order valence-corrected chi connectivity index (χ0v) is 21.8. The monoisotopic (exact) mass is 523 g/mol. The lowest BCUT2D eigenvalue weighted by molar-refractivity contribution is -0.148. The maximum Gasteiger partial charge on any atom is 0.407 e. The van der Waals surface area contributed by atoms with E-state index in [1.807, 2.05) is 30.3 Å². The number of nitrogens with zero attached hydrogens (tertiary/aromatic N) is 1. The number of fused-ring (bicyclic) bond motifs is 1. The van der Waals surface area contributed by atoms with Crippen molar-refractivity contribution in [3.05, 3.63) is 71.3 Å². The highest BCUT2D eigenvalue weighted by atomic mass is 16.5. The molecule has 38 heavy (non-hydrogen) atoms. The highest BCUT2D eigenvalue weighted by Crippen LogP contribution is 2.27. The summed E-state index contributed by atoms with van der Waals surface area (Å²) in [5.74, 6) is -2.79. The van der Waals surface area contributed by atoms with Crippen LogP contribution in [0.25, 0.3) is 0 Å². The van der Waals surface area contributed by atoms with Gasteiger partial charge < -0.3 is 20.1 Å². The van der Waals surface area contributed by atoms with Crippen molar-refractivity contribution < 1.29 is 33.4 Å². The van der Waals surface area contributed by atoms with Gasteiger partial charge in [-0.2, -0.15) is 0 Å².